The number of rotatable bonds is 12. The van der Waals surface area contributed by atoms with Gasteiger partial charge in [-0.3, -0.25) is 4.79 Å². The highest BCUT2D eigenvalue weighted by Gasteiger charge is 2.00. The summed E-state index contributed by atoms with van der Waals surface area (Å²) in [6.45, 7) is 7.92. The number of allylic oxidation sites excluding steroid dienone is 1. The third-order valence-corrected chi connectivity index (χ3v) is 2.68. The number of carbonyl (C=O) groups is 1. The van der Waals surface area contributed by atoms with Crippen LogP contribution in [-0.4, -0.2) is 12.6 Å². The van der Waals surface area contributed by atoms with Gasteiger partial charge in [-0.2, -0.15) is 0 Å². The third kappa shape index (κ3) is 11.3. The van der Waals surface area contributed by atoms with Crippen LogP contribution in [0.5, 0.6) is 0 Å². The van der Waals surface area contributed by atoms with Crippen molar-refractivity contribution in [3.63, 3.8) is 0 Å². The first kappa shape index (κ1) is 15.2. The minimum Gasteiger partial charge on any atom is -0.465 e. The van der Waals surface area contributed by atoms with Gasteiger partial charge in [0.2, 0.25) is 0 Å². The number of ether oxygens (including phenoxy) is 1. The van der Waals surface area contributed by atoms with Gasteiger partial charge in [-0.1, -0.05) is 38.2 Å². The molecule has 0 heterocycles. The minimum absolute atomic E-state index is 0.162. The van der Waals surface area contributed by atoms with Crippen LogP contribution in [0, 0.1) is 6.92 Å². The summed E-state index contributed by atoms with van der Waals surface area (Å²) < 4.78 is 4.71. The number of carbonyl (C=O) groups excluding carboxylic acids is 1. The summed E-state index contributed by atoms with van der Waals surface area (Å²) >= 11 is 0. The maximum Gasteiger partial charge on any atom is 0.293 e. The van der Waals surface area contributed by atoms with Crippen molar-refractivity contribution in [3.8, 4) is 0 Å². The Balaban J connectivity index is 3.03. The molecule has 0 aliphatic carbocycles. The molecule has 0 spiro atoms. The quantitative estimate of drug-likeness (QED) is 0.284. The molecule has 0 amide bonds. The van der Waals surface area contributed by atoms with Gasteiger partial charge in [-0.25, -0.2) is 0 Å². The Labute approximate surface area is 100 Å². The van der Waals surface area contributed by atoms with Crippen LogP contribution in [0.25, 0.3) is 0 Å². The maximum absolute atomic E-state index is 10.0. The zero-order valence-electron chi connectivity index (χ0n) is 10.3. The lowest BCUT2D eigenvalue weighted by molar-refractivity contribution is -0.131. The molecule has 0 bridgehead atoms. The van der Waals surface area contributed by atoms with E-state index < -0.39 is 0 Å². The Hall–Kier alpha value is -0.790. The molecule has 1 atom stereocenters. The van der Waals surface area contributed by atoms with Gasteiger partial charge in [0.15, 0.2) is 0 Å². The smallest absolute Gasteiger partial charge is 0.293 e. The highest BCUT2D eigenvalue weighted by molar-refractivity contribution is 5.37. The van der Waals surface area contributed by atoms with E-state index in [9.17, 15) is 4.79 Å². The van der Waals surface area contributed by atoms with E-state index in [0.29, 0.717) is 6.47 Å². The summed E-state index contributed by atoms with van der Waals surface area (Å²) in [4.78, 5) is 10.0. The first-order valence-corrected chi connectivity index (χ1v) is 6.34. The van der Waals surface area contributed by atoms with Crippen molar-refractivity contribution in [2.75, 3.05) is 0 Å². The summed E-state index contributed by atoms with van der Waals surface area (Å²) in [5.41, 5.74) is 0. The lowest BCUT2D eigenvalue weighted by atomic mass is 10.1. The fraction of sp³-hybridized carbons (Fsp3) is 0.714. The van der Waals surface area contributed by atoms with Crippen molar-refractivity contribution in [2.24, 2.45) is 0 Å². The molecule has 0 saturated carbocycles. The van der Waals surface area contributed by atoms with Crippen LogP contribution in [-0.2, 0) is 9.53 Å². The van der Waals surface area contributed by atoms with Crippen molar-refractivity contribution in [1.82, 2.24) is 0 Å². The molecular weight excluding hydrogens is 200 g/mol. The first-order valence-electron chi connectivity index (χ1n) is 6.34. The summed E-state index contributed by atoms with van der Waals surface area (Å²) in [5.74, 6) is 0. The zero-order valence-corrected chi connectivity index (χ0v) is 10.3. The Morgan fingerprint density at radius 3 is 2.12 bits per heavy atom. The predicted molar refractivity (Wildman–Crippen MR) is 68.0 cm³/mol. The third-order valence-electron chi connectivity index (χ3n) is 2.68. The molecule has 0 aromatic heterocycles. The highest BCUT2D eigenvalue weighted by atomic mass is 16.5. The first-order chi connectivity index (χ1) is 7.81. The number of hydrogen-bond donors (Lipinski definition) is 0. The maximum atomic E-state index is 10.0. The molecule has 0 rings (SSSR count). The summed E-state index contributed by atoms with van der Waals surface area (Å²) in [6, 6.07) is 0. The van der Waals surface area contributed by atoms with Crippen LogP contribution in [0.1, 0.15) is 57.8 Å². The van der Waals surface area contributed by atoms with Crippen molar-refractivity contribution in [1.29, 1.82) is 0 Å². The second-order valence-electron chi connectivity index (χ2n) is 4.20. The van der Waals surface area contributed by atoms with Crippen LogP contribution < -0.4 is 0 Å². The van der Waals surface area contributed by atoms with Gasteiger partial charge in [0.05, 0.1) is 0 Å². The molecule has 2 nitrogen and oxygen atoms in total. The van der Waals surface area contributed by atoms with Crippen LogP contribution in [0.3, 0.4) is 0 Å². The lowest BCUT2D eigenvalue weighted by Crippen LogP contribution is -2.06. The molecule has 0 aliphatic heterocycles. The van der Waals surface area contributed by atoms with Crippen molar-refractivity contribution in [3.05, 3.63) is 19.6 Å². The number of hydrogen-bond acceptors (Lipinski definition) is 2. The highest BCUT2D eigenvalue weighted by Crippen LogP contribution is 2.11. The van der Waals surface area contributed by atoms with E-state index in [1.54, 1.807) is 0 Å². The zero-order chi connectivity index (χ0) is 12.1. The largest absolute Gasteiger partial charge is 0.465 e. The molecular formula is C14H25O2. The van der Waals surface area contributed by atoms with E-state index in [2.05, 4.69) is 13.5 Å². The Morgan fingerprint density at radius 1 is 1.00 bits per heavy atom. The SMILES string of the molecule is [CH2][C@H](CCCCCCCCCC=C)OC=O. The summed E-state index contributed by atoms with van der Waals surface area (Å²) in [5, 5.41) is 0. The molecule has 0 aromatic rings. The fourth-order valence-corrected chi connectivity index (χ4v) is 1.69. The van der Waals surface area contributed by atoms with Gasteiger partial charge in [0.25, 0.3) is 6.47 Å². The molecule has 2 heteroatoms. The lowest BCUT2D eigenvalue weighted by Gasteiger charge is -2.08. The average molecular weight is 225 g/mol. The minimum atomic E-state index is -0.162. The number of unbranched alkanes of at least 4 members (excludes halogenated alkanes) is 7. The molecule has 16 heavy (non-hydrogen) atoms. The van der Waals surface area contributed by atoms with E-state index in [4.69, 9.17) is 4.74 Å². The predicted octanol–water partition coefficient (Wildman–Crippen LogP) is 4.06. The van der Waals surface area contributed by atoms with Gasteiger partial charge in [-0.15, -0.1) is 6.58 Å². The Bertz CT molecular complexity index is 166. The molecule has 0 aliphatic rings. The van der Waals surface area contributed by atoms with E-state index >= 15 is 0 Å². The van der Waals surface area contributed by atoms with E-state index in [0.717, 1.165) is 19.3 Å². The molecule has 0 saturated heterocycles. The molecule has 0 unspecified atom stereocenters. The monoisotopic (exact) mass is 225 g/mol. The summed E-state index contributed by atoms with van der Waals surface area (Å²) in [7, 11) is 0. The standard InChI is InChI=1S/C14H25O2/c1-3-4-5-6-7-8-9-10-11-12-14(2)16-13-15/h3,13-14H,1-2,4-12H2/t14-/m1/s1. The average Bonchev–Trinajstić information content (AvgIpc) is 2.27. The topological polar surface area (TPSA) is 26.3 Å². The van der Waals surface area contributed by atoms with Crippen LogP contribution in [0.15, 0.2) is 12.7 Å². The van der Waals surface area contributed by atoms with Crippen molar-refractivity contribution >= 4 is 6.47 Å². The Kier molecular flexibility index (Phi) is 11.7. The summed E-state index contributed by atoms with van der Waals surface area (Å²) in [6.07, 6.45) is 12.7. The van der Waals surface area contributed by atoms with Gasteiger partial charge in [0.1, 0.15) is 6.10 Å². The van der Waals surface area contributed by atoms with E-state index in [1.165, 1.54) is 38.5 Å². The van der Waals surface area contributed by atoms with Gasteiger partial charge in [-0.05, 0) is 32.6 Å². The molecule has 93 valence electrons. The van der Waals surface area contributed by atoms with Crippen LogP contribution in [0.4, 0.5) is 0 Å². The van der Waals surface area contributed by atoms with Crippen molar-refractivity contribution in [2.45, 2.75) is 63.9 Å². The van der Waals surface area contributed by atoms with Gasteiger partial charge in [0, 0.05) is 0 Å². The molecule has 0 N–H and O–H groups in total. The van der Waals surface area contributed by atoms with Crippen molar-refractivity contribution < 1.29 is 9.53 Å². The normalized spacial score (nSPS) is 12.1. The second-order valence-corrected chi connectivity index (χ2v) is 4.20. The molecule has 0 aromatic carbocycles. The molecule has 0 fully saturated rings. The Morgan fingerprint density at radius 2 is 1.56 bits per heavy atom. The van der Waals surface area contributed by atoms with E-state index in [1.807, 2.05) is 6.08 Å². The van der Waals surface area contributed by atoms with E-state index in [-0.39, 0.29) is 6.10 Å². The van der Waals surface area contributed by atoms with Gasteiger partial charge < -0.3 is 4.74 Å². The molecule has 1 radical (unpaired) electrons. The van der Waals surface area contributed by atoms with Crippen LogP contribution in [0.2, 0.25) is 0 Å². The van der Waals surface area contributed by atoms with Crippen LogP contribution >= 0.6 is 0 Å². The van der Waals surface area contributed by atoms with Gasteiger partial charge >= 0.3 is 0 Å². The second kappa shape index (κ2) is 12.3. The fourth-order valence-electron chi connectivity index (χ4n) is 1.69.